The van der Waals surface area contributed by atoms with Gasteiger partial charge in [0.1, 0.15) is 5.82 Å². The van der Waals surface area contributed by atoms with Crippen molar-refractivity contribution in [1.29, 1.82) is 0 Å². The van der Waals surface area contributed by atoms with Crippen molar-refractivity contribution in [3.63, 3.8) is 0 Å². The fourth-order valence-corrected chi connectivity index (χ4v) is 3.87. The number of imidazole rings is 1. The van der Waals surface area contributed by atoms with Gasteiger partial charge in [0.2, 0.25) is 5.91 Å². The smallest absolute Gasteiger partial charge is 0.223 e. The summed E-state index contributed by atoms with van der Waals surface area (Å²) in [6, 6.07) is 10.2. The molecule has 1 fully saturated rings. The van der Waals surface area contributed by atoms with E-state index in [1.54, 1.807) is 11.8 Å². The van der Waals surface area contributed by atoms with Gasteiger partial charge in [-0.1, -0.05) is 30.3 Å². The standard InChI is InChI=1S/C21H28N4OS/c1-23-13-10-22-20(23)18-24-11-5-12-25(15-14-24)21(26)9-17-27-16-8-19-6-3-2-4-7-19/h2-4,6-8,10,13,16H,5,9,11-12,14-15,17-18H2,1H3/b16-8-. The van der Waals surface area contributed by atoms with Crippen LogP contribution in [-0.2, 0) is 18.4 Å². The zero-order chi connectivity index (χ0) is 18.9. The molecule has 0 atom stereocenters. The number of amides is 1. The van der Waals surface area contributed by atoms with E-state index in [1.165, 1.54) is 5.56 Å². The Balaban J connectivity index is 1.37. The Labute approximate surface area is 166 Å². The van der Waals surface area contributed by atoms with Crippen molar-refractivity contribution in [1.82, 2.24) is 19.4 Å². The van der Waals surface area contributed by atoms with E-state index in [0.29, 0.717) is 6.42 Å². The van der Waals surface area contributed by atoms with Crippen molar-refractivity contribution in [2.24, 2.45) is 7.05 Å². The van der Waals surface area contributed by atoms with Crippen LogP contribution in [0, 0.1) is 0 Å². The molecule has 3 rings (SSSR count). The average Bonchev–Trinajstić information content (AvgIpc) is 2.94. The second-order valence-corrected chi connectivity index (χ2v) is 7.81. The lowest BCUT2D eigenvalue weighted by atomic mass is 10.2. The molecule has 1 aliphatic heterocycles. The lowest BCUT2D eigenvalue weighted by Crippen LogP contribution is -2.35. The predicted molar refractivity (Wildman–Crippen MR) is 112 cm³/mol. The normalized spacial score (nSPS) is 16.0. The van der Waals surface area contributed by atoms with Crippen LogP contribution in [0.15, 0.2) is 48.1 Å². The minimum atomic E-state index is 0.273. The maximum atomic E-state index is 12.5. The molecule has 1 aromatic heterocycles. The number of aromatic nitrogens is 2. The SMILES string of the molecule is Cn1ccnc1CN1CCCN(C(=O)CCS/C=C\c2ccccc2)CC1. The summed E-state index contributed by atoms with van der Waals surface area (Å²) in [4.78, 5) is 21.3. The molecule has 0 N–H and O–H groups in total. The zero-order valence-electron chi connectivity index (χ0n) is 16.0. The van der Waals surface area contributed by atoms with E-state index in [-0.39, 0.29) is 5.91 Å². The van der Waals surface area contributed by atoms with Gasteiger partial charge < -0.3 is 9.47 Å². The molecule has 27 heavy (non-hydrogen) atoms. The van der Waals surface area contributed by atoms with Crippen molar-refractivity contribution >= 4 is 23.7 Å². The van der Waals surface area contributed by atoms with Crippen molar-refractivity contribution in [3.05, 3.63) is 59.5 Å². The summed E-state index contributed by atoms with van der Waals surface area (Å²) in [5.41, 5.74) is 1.19. The maximum absolute atomic E-state index is 12.5. The van der Waals surface area contributed by atoms with E-state index in [1.807, 2.05) is 42.5 Å². The van der Waals surface area contributed by atoms with Crippen LogP contribution in [0.25, 0.3) is 6.08 Å². The summed E-state index contributed by atoms with van der Waals surface area (Å²) < 4.78 is 2.06. The van der Waals surface area contributed by atoms with Crippen molar-refractivity contribution in [3.8, 4) is 0 Å². The molecule has 2 heterocycles. The highest BCUT2D eigenvalue weighted by Crippen LogP contribution is 2.12. The Hall–Kier alpha value is -2.05. The summed E-state index contributed by atoms with van der Waals surface area (Å²) in [5, 5.41) is 2.08. The molecule has 0 unspecified atom stereocenters. The van der Waals surface area contributed by atoms with Crippen molar-refractivity contribution in [2.75, 3.05) is 31.9 Å². The van der Waals surface area contributed by atoms with Crippen LogP contribution in [0.2, 0.25) is 0 Å². The molecule has 6 heteroatoms. The summed E-state index contributed by atoms with van der Waals surface area (Å²) in [6.07, 6.45) is 7.54. The molecule has 1 aromatic carbocycles. The molecule has 1 saturated heterocycles. The molecule has 1 amide bonds. The molecule has 0 bridgehead atoms. The Morgan fingerprint density at radius 2 is 2.04 bits per heavy atom. The molecule has 0 radical (unpaired) electrons. The predicted octanol–water partition coefficient (Wildman–Crippen LogP) is 3.25. The van der Waals surface area contributed by atoms with Gasteiger partial charge in [-0.25, -0.2) is 4.98 Å². The lowest BCUT2D eigenvalue weighted by Gasteiger charge is -2.21. The van der Waals surface area contributed by atoms with E-state index in [9.17, 15) is 4.79 Å². The highest BCUT2D eigenvalue weighted by Gasteiger charge is 2.19. The van der Waals surface area contributed by atoms with Gasteiger partial charge in [0.15, 0.2) is 0 Å². The molecule has 0 saturated carbocycles. The lowest BCUT2D eigenvalue weighted by molar-refractivity contribution is -0.130. The van der Waals surface area contributed by atoms with Crippen LogP contribution in [0.5, 0.6) is 0 Å². The van der Waals surface area contributed by atoms with Gasteiger partial charge in [-0.2, -0.15) is 0 Å². The fourth-order valence-electron chi connectivity index (χ4n) is 3.19. The first kappa shape index (κ1) is 19.7. The molecule has 2 aromatic rings. The number of rotatable bonds is 7. The Morgan fingerprint density at radius 1 is 1.19 bits per heavy atom. The third-order valence-electron chi connectivity index (χ3n) is 4.82. The first-order valence-electron chi connectivity index (χ1n) is 9.52. The minimum absolute atomic E-state index is 0.273. The molecular weight excluding hydrogens is 356 g/mol. The Bertz CT molecular complexity index is 744. The van der Waals surface area contributed by atoms with Gasteiger partial charge in [0.05, 0.1) is 6.54 Å². The summed E-state index contributed by atoms with van der Waals surface area (Å²) in [5.74, 6) is 2.18. The highest BCUT2D eigenvalue weighted by atomic mass is 32.2. The number of benzene rings is 1. The van der Waals surface area contributed by atoms with Crippen LogP contribution in [0.3, 0.4) is 0 Å². The maximum Gasteiger partial charge on any atom is 0.223 e. The third-order valence-corrected chi connectivity index (χ3v) is 5.59. The summed E-state index contributed by atoms with van der Waals surface area (Å²) in [7, 11) is 2.03. The van der Waals surface area contributed by atoms with Crippen LogP contribution in [-0.4, -0.2) is 57.2 Å². The molecule has 0 spiro atoms. The number of nitrogens with zero attached hydrogens (tertiary/aromatic N) is 4. The van der Waals surface area contributed by atoms with E-state index in [0.717, 1.165) is 50.7 Å². The number of hydrogen-bond donors (Lipinski definition) is 0. The first-order valence-corrected chi connectivity index (χ1v) is 10.6. The molecule has 144 valence electrons. The fraction of sp³-hybridized carbons (Fsp3) is 0.429. The quantitative estimate of drug-likeness (QED) is 0.687. The topological polar surface area (TPSA) is 41.4 Å². The Kier molecular flexibility index (Phi) is 7.54. The largest absolute Gasteiger partial charge is 0.341 e. The number of hydrogen-bond acceptors (Lipinski definition) is 4. The zero-order valence-corrected chi connectivity index (χ0v) is 16.8. The van der Waals surface area contributed by atoms with E-state index >= 15 is 0 Å². The van der Waals surface area contributed by atoms with Gasteiger partial charge >= 0.3 is 0 Å². The molecule has 1 aliphatic rings. The summed E-state index contributed by atoms with van der Waals surface area (Å²) >= 11 is 1.70. The van der Waals surface area contributed by atoms with Crippen LogP contribution in [0.4, 0.5) is 0 Å². The number of carbonyl (C=O) groups is 1. The van der Waals surface area contributed by atoms with Gasteiger partial charge in [0.25, 0.3) is 0 Å². The third kappa shape index (κ3) is 6.26. The first-order chi connectivity index (χ1) is 13.2. The molecule has 0 aliphatic carbocycles. The van der Waals surface area contributed by atoms with Gasteiger partial charge in [-0.3, -0.25) is 9.69 Å². The number of carbonyl (C=O) groups excluding carboxylic acids is 1. The minimum Gasteiger partial charge on any atom is -0.341 e. The monoisotopic (exact) mass is 384 g/mol. The molecule has 5 nitrogen and oxygen atoms in total. The second-order valence-electron chi connectivity index (χ2n) is 6.80. The average molecular weight is 385 g/mol. The van der Waals surface area contributed by atoms with Crippen molar-refractivity contribution in [2.45, 2.75) is 19.4 Å². The van der Waals surface area contributed by atoms with E-state index < -0.39 is 0 Å². The van der Waals surface area contributed by atoms with Gasteiger partial charge in [-0.05, 0) is 23.5 Å². The van der Waals surface area contributed by atoms with Crippen molar-refractivity contribution < 1.29 is 4.79 Å². The van der Waals surface area contributed by atoms with E-state index in [4.69, 9.17) is 0 Å². The van der Waals surface area contributed by atoms with Crippen LogP contribution >= 0.6 is 11.8 Å². The molecular formula is C21H28N4OS. The van der Waals surface area contributed by atoms with Crippen LogP contribution < -0.4 is 0 Å². The number of thioether (sulfide) groups is 1. The van der Waals surface area contributed by atoms with Crippen LogP contribution in [0.1, 0.15) is 24.2 Å². The van der Waals surface area contributed by atoms with E-state index in [2.05, 4.69) is 38.1 Å². The second kappa shape index (κ2) is 10.3. The Morgan fingerprint density at radius 3 is 2.81 bits per heavy atom. The van der Waals surface area contributed by atoms with Gasteiger partial charge in [0, 0.05) is 57.8 Å². The highest BCUT2D eigenvalue weighted by molar-refractivity contribution is 8.02. The van der Waals surface area contributed by atoms with Gasteiger partial charge in [-0.15, -0.1) is 11.8 Å². The summed E-state index contributed by atoms with van der Waals surface area (Å²) in [6.45, 7) is 4.46. The number of aryl methyl sites for hydroxylation is 1.